The predicted molar refractivity (Wildman–Crippen MR) is 77.2 cm³/mol. The average molecular weight is 278 g/mol. The van der Waals surface area contributed by atoms with E-state index in [2.05, 4.69) is 10.2 Å². The van der Waals surface area contributed by atoms with Crippen LogP contribution in [0.25, 0.3) is 0 Å². The fourth-order valence-electron chi connectivity index (χ4n) is 1.79. The Morgan fingerprint density at radius 2 is 2.16 bits per heavy atom. The van der Waals surface area contributed by atoms with Crippen LogP contribution in [0.4, 0.5) is 0 Å². The molecule has 5 nitrogen and oxygen atoms in total. The van der Waals surface area contributed by atoms with Crippen molar-refractivity contribution in [2.24, 2.45) is 5.73 Å². The quantitative estimate of drug-likeness (QED) is 0.790. The van der Waals surface area contributed by atoms with Gasteiger partial charge in [-0.1, -0.05) is 49.0 Å². The molecule has 0 amide bonds. The van der Waals surface area contributed by atoms with E-state index in [4.69, 9.17) is 5.73 Å². The average Bonchev–Trinajstić information content (AvgIpc) is 2.79. The van der Waals surface area contributed by atoms with Crippen LogP contribution < -0.4 is 11.4 Å². The topological polar surface area (TPSA) is 76.7 Å². The van der Waals surface area contributed by atoms with E-state index in [9.17, 15) is 4.79 Å². The number of hydrogen-bond donors (Lipinski definition) is 2. The summed E-state index contributed by atoms with van der Waals surface area (Å²) in [6, 6.07) is 9.87. The molecule has 102 valence electrons. The Labute approximate surface area is 116 Å². The summed E-state index contributed by atoms with van der Waals surface area (Å²) in [5, 5.41) is 7.22. The molecule has 2 aromatic rings. The van der Waals surface area contributed by atoms with Gasteiger partial charge in [0.1, 0.15) is 0 Å². The second kappa shape index (κ2) is 6.58. The Morgan fingerprint density at radius 1 is 1.42 bits per heavy atom. The van der Waals surface area contributed by atoms with Gasteiger partial charge < -0.3 is 5.73 Å². The first-order chi connectivity index (χ1) is 9.22. The number of nitrogens with one attached hydrogen (secondary N) is 1. The summed E-state index contributed by atoms with van der Waals surface area (Å²) in [5.74, 6) is 0.692. The van der Waals surface area contributed by atoms with Gasteiger partial charge >= 0.3 is 5.69 Å². The van der Waals surface area contributed by atoms with Crippen molar-refractivity contribution in [1.82, 2.24) is 14.8 Å². The smallest absolute Gasteiger partial charge is 0.323 e. The minimum atomic E-state index is -0.155. The summed E-state index contributed by atoms with van der Waals surface area (Å²) in [4.78, 5) is 11.5. The minimum Gasteiger partial charge on any atom is -0.323 e. The maximum Gasteiger partial charge on any atom is 0.343 e. The molecule has 0 aliphatic heterocycles. The van der Waals surface area contributed by atoms with Crippen LogP contribution in [0.15, 0.2) is 40.3 Å². The van der Waals surface area contributed by atoms with Crippen molar-refractivity contribution >= 4 is 11.8 Å². The zero-order valence-electron chi connectivity index (χ0n) is 10.9. The Bertz CT molecular complexity index is 564. The minimum absolute atomic E-state index is 0.0620. The largest absolute Gasteiger partial charge is 0.343 e. The van der Waals surface area contributed by atoms with Crippen molar-refractivity contribution < 1.29 is 0 Å². The Balaban J connectivity index is 2.01. The highest BCUT2D eigenvalue weighted by atomic mass is 32.2. The van der Waals surface area contributed by atoms with Crippen molar-refractivity contribution in [1.29, 1.82) is 0 Å². The lowest BCUT2D eigenvalue weighted by molar-refractivity contribution is 0.603. The van der Waals surface area contributed by atoms with E-state index in [0.29, 0.717) is 17.5 Å². The molecule has 1 aromatic carbocycles. The molecule has 1 heterocycles. The third-order valence-electron chi connectivity index (χ3n) is 2.79. The van der Waals surface area contributed by atoms with Crippen LogP contribution in [0.1, 0.15) is 24.9 Å². The van der Waals surface area contributed by atoms with Gasteiger partial charge in [-0.2, -0.15) is 0 Å². The van der Waals surface area contributed by atoms with E-state index in [1.807, 2.05) is 37.3 Å². The van der Waals surface area contributed by atoms with E-state index >= 15 is 0 Å². The number of aromatic amines is 1. The third kappa shape index (κ3) is 3.48. The van der Waals surface area contributed by atoms with Gasteiger partial charge in [-0.25, -0.2) is 9.89 Å². The van der Waals surface area contributed by atoms with Crippen LogP contribution in [0.5, 0.6) is 0 Å². The van der Waals surface area contributed by atoms with Gasteiger partial charge in [-0.05, 0) is 12.0 Å². The maximum atomic E-state index is 11.5. The molecule has 0 aliphatic carbocycles. The van der Waals surface area contributed by atoms with Gasteiger partial charge in [0.15, 0.2) is 5.16 Å². The SMILES string of the molecule is CCCn1c(SCC(N)c2ccccc2)n[nH]c1=O. The first-order valence-corrected chi connectivity index (χ1v) is 7.29. The van der Waals surface area contributed by atoms with Crippen LogP contribution in [0, 0.1) is 0 Å². The Hall–Kier alpha value is -1.53. The van der Waals surface area contributed by atoms with Gasteiger partial charge in [0.05, 0.1) is 0 Å². The number of nitrogens with zero attached hydrogens (tertiary/aromatic N) is 2. The molecular formula is C13H18N4OS. The second-order valence-electron chi connectivity index (χ2n) is 4.29. The second-order valence-corrected chi connectivity index (χ2v) is 5.28. The fourth-order valence-corrected chi connectivity index (χ4v) is 2.76. The number of aromatic nitrogens is 3. The molecule has 2 rings (SSSR count). The Kier molecular flexibility index (Phi) is 4.81. The predicted octanol–water partition coefficient (Wildman–Crippen LogP) is 1.77. The molecule has 0 saturated carbocycles. The Morgan fingerprint density at radius 3 is 2.84 bits per heavy atom. The number of thioether (sulfide) groups is 1. The van der Waals surface area contributed by atoms with Crippen LogP contribution in [0.3, 0.4) is 0 Å². The highest BCUT2D eigenvalue weighted by Gasteiger charge is 2.11. The van der Waals surface area contributed by atoms with E-state index in [0.717, 1.165) is 12.0 Å². The lowest BCUT2D eigenvalue weighted by Crippen LogP contribution is -2.18. The van der Waals surface area contributed by atoms with Gasteiger partial charge in [0.2, 0.25) is 0 Å². The standard InChI is InChI=1S/C13H18N4OS/c1-2-8-17-12(18)15-16-13(17)19-9-11(14)10-6-4-3-5-7-10/h3-7,11H,2,8-9,14H2,1H3,(H,15,18). The lowest BCUT2D eigenvalue weighted by Gasteiger charge is -2.11. The fraction of sp³-hybridized carbons (Fsp3) is 0.385. The van der Waals surface area contributed by atoms with E-state index in [-0.39, 0.29) is 11.7 Å². The maximum absolute atomic E-state index is 11.5. The summed E-state index contributed by atoms with van der Waals surface area (Å²) >= 11 is 1.51. The first kappa shape index (κ1) is 13.9. The van der Waals surface area contributed by atoms with Gasteiger partial charge in [0, 0.05) is 18.3 Å². The third-order valence-corrected chi connectivity index (χ3v) is 3.89. The van der Waals surface area contributed by atoms with Crippen LogP contribution in [-0.2, 0) is 6.54 Å². The van der Waals surface area contributed by atoms with E-state index < -0.39 is 0 Å². The lowest BCUT2D eigenvalue weighted by atomic mass is 10.1. The molecule has 6 heteroatoms. The first-order valence-electron chi connectivity index (χ1n) is 6.31. The molecule has 0 fully saturated rings. The van der Waals surface area contributed by atoms with Crippen LogP contribution in [0.2, 0.25) is 0 Å². The van der Waals surface area contributed by atoms with Crippen molar-refractivity contribution in [2.75, 3.05) is 5.75 Å². The van der Waals surface area contributed by atoms with Crippen molar-refractivity contribution in [2.45, 2.75) is 31.1 Å². The molecule has 0 saturated heterocycles. The molecule has 1 unspecified atom stereocenters. The van der Waals surface area contributed by atoms with Crippen LogP contribution >= 0.6 is 11.8 Å². The molecule has 0 radical (unpaired) electrons. The zero-order valence-corrected chi connectivity index (χ0v) is 11.7. The molecular weight excluding hydrogens is 260 g/mol. The normalized spacial score (nSPS) is 12.5. The van der Waals surface area contributed by atoms with Crippen molar-refractivity contribution in [3.63, 3.8) is 0 Å². The van der Waals surface area contributed by atoms with E-state index in [1.54, 1.807) is 4.57 Å². The van der Waals surface area contributed by atoms with E-state index in [1.165, 1.54) is 11.8 Å². The number of nitrogens with two attached hydrogens (primary N) is 1. The molecule has 0 bridgehead atoms. The molecule has 1 atom stereocenters. The van der Waals surface area contributed by atoms with Gasteiger partial charge in [-0.15, -0.1) is 5.10 Å². The summed E-state index contributed by atoms with van der Waals surface area (Å²) < 4.78 is 1.66. The molecule has 1 aromatic heterocycles. The molecule has 19 heavy (non-hydrogen) atoms. The van der Waals surface area contributed by atoms with Crippen molar-refractivity contribution in [3.8, 4) is 0 Å². The summed E-state index contributed by atoms with van der Waals surface area (Å²) in [6.07, 6.45) is 0.901. The summed E-state index contributed by atoms with van der Waals surface area (Å²) in [5.41, 5.74) is 7.07. The van der Waals surface area contributed by atoms with Gasteiger partial charge in [0.25, 0.3) is 0 Å². The zero-order chi connectivity index (χ0) is 13.7. The number of H-pyrrole nitrogens is 1. The molecule has 0 spiro atoms. The summed E-state index contributed by atoms with van der Waals surface area (Å²) in [6.45, 7) is 2.71. The highest BCUT2D eigenvalue weighted by Crippen LogP contribution is 2.20. The van der Waals surface area contributed by atoms with Crippen LogP contribution in [-0.4, -0.2) is 20.5 Å². The monoisotopic (exact) mass is 278 g/mol. The number of rotatable bonds is 6. The summed E-state index contributed by atoms with van der Waals surface area (Å²) in [7, 11) is 0. The molecule has 3 N–H and O–H groups in total. The number of benzene rings is 1. The van der Waals surface area contributed by atoms with Crippen molar-refractivity contribution in [3.05, 3.63) is 46.4 Å². The van der Waals surface area contributed by atoms with Gasteiger partial charge in [-0.3, -0.25) is 4.57 Å². The number of hydrogen-bond acceptors (Lipinski definition) is 4. The highest BCUT2D eigenvalue weighted by molar-refractivity contribution is 7.99. The molecule has 0 aliphatic rings.